The van der Waals surface area contributed by atoms with Gasteiger partial charge in [-0.2, -0.15) is 0 Å². The van der Waals surface area contributed by atoms with E-state index in [1.54, 1.807) is 18.2 Å². The first-order valence-corrected chi connectivity index (χ1v) is 8.04. The Kier molecular flexibility index (Phi) is 5.47. The highest BCUT2D eigenvalue weighted by Crippen LogP contribution is 2.31. The van der Waals surface area contributed by atoms with Gasteiger partial charge >= 0.3 is 0 Å². The second-order valence-corrected chi connectivity index (χ2v) is 5.68. The summed E-state index contributed by atoms with van der Waals surface area (Å²) in [5.74, 6) is 1.47. The van der Waals surface area contributed by atoms with Gasteiger partial charge in [0.1, 0.15) is 23.0 Å². The lowest BCUT2D eigenvalue weighted by molar-refractivity contribution is -0.385. The molecule has 3 rings (SSSR count). The van der Waals surface area contributed by atoms with E-state index in [1.807, 2.05) is 0 Å². The first-order valence-electron chi connectivity index (χ1n) is 8.04. The van der Waals surface area contributed by atoms with Crippen LogP contribution in [0.2, 0.25) is 0 Å². The van der Waals surface area contributed by atoms with Gasteiger partial charge in [-0.1, -0.05) is 0 Å². The van der Waals surface area contributed by atoms with Gasteiger partial charge < -0.3 is 14.6 Å². The molecule has 142 valence electrons. The number of nitro benzene ring substituents is 2. The zero-order chi connectivity index (χ0) is 20.1. The summed E-state index contributed by atoms with van der Waals surface area (Å²) >= 11 is 0. The average molecular weight is 382 g/mol. The molecule has 0 aliphatic rings. The van der Waals surface area contributed by atoms with Gasteiger partial charge in [-0.15, -0.1) is 0 Å². The third-order valence-corrected chi connectivity index (χ3v) is 3.69. The number of rotatable bonds is 7. The van der Waals surface area contributed by atoms with Gasteiger partial charge in [-0.05, 0) is 42.0 Å². The molecule has 0 spiro atoms. The largest absolute Gasteiger partial charge is 0.457 e. The SMILES string of the molecule is O=[N+]([O-])c1ccc(Oc2cc(CO)cc(Oc3ccc([N+](=O)[O-])cc3)c2)cc1. The van der Waals surface area contributed by atoms with E-state index in [-0.39, 0.29) is 18.0 Å². The Bertz CT molecular complexity index is 924. The van der Waals surface area contributed by atoms with Gasteiger partial charge in [0.2, 0.25) is 0 Å². The second kappa shape index (κ2) is 8.14. The molecule has 9 heteroatoms. The van der Waals surface area contributed by atoms with Gasteiger partial charge in [0.05, 0.1) is 16.5 Å². The predicted molar refractivity (Wildman–Crippen MR) is 98.7 cm³/mol. The minimum Gasteiger partial charge on any atom is -0.457 e. The Morgan fingerprint density at radius 3 is 1.39 bits per heavy atom. The summed E-state index contributed by atoms with van der Waals surface area (Å²) in [4.78, 5) is 20.4. The van der Waals surface area contributed by atoms with Crippen LogP contribution in [0, 0.1) is 20.2 Å². The van der Waals surface area contributed by atoms with Crippen molar-refractivity contribution in [1.29, 1.82) is 0 Å². The van der Waals surface area contributed by atoms with E-state index in [9.17, 15) is 25.3 Å². The Morgan fingerprint density at radius 1 is 0.679 bits per heavy atom. The molecule has 0 bridgehead atoms. The van der Waals surface area contributed by atoms with Gasteiger partial charge in [0, 0.05) is 30.3 Å². The lowest BCUT2D eigenvalue weighted by atomic mass is 10.2. The summed E-state index contributed by atoms with van der Waals surface area (Å²) < 4.78 is 11.4. The molecule has 0 radical (unpaired) electrons. The monoisotopic (exact) mass is 382 g/mol. The van der Waals surface area contributed by atoms with Gasteiger partial charge in [0.25, 0.3) is 11.4 Å². The molecule has 0 aliphatic heterocycles. The lowest BCUT2D eigenvalue weighted by Gasteiger charge is -2.11. The fraction of sp³-hybridized carbons (Fsp3) is 0.0526. The molecule has 3 aromatic carbocycles. The van der Waals surface area contributed by atoms with E-state index in [0.29, 0.717) is 28.6 Å². The third-order valence-electron chi connectivity index (χ3n) is 3.69. The van der Waals surface area contributed by atoms with Crippen LogP contribution < -0.4 is 9.47 Å². The standard InChI is InChI=1S/C19H14N2O7/c22-12-13-9-18(27-16-5-1-14(2-6-16)20(23)24)11-19(10-13)28-17-7-3-15(4-8-17)21(25)26/h1-11,22H,12H2. The third kappa shape index (κ3) is 4.59. The normalized spacial score (nSPS) is 10.3. The van der Waals surface area contributed by atoms with Crippen LogP contribution in [0.25, 0.3) is 0 Å². The fourth-order valence-electron chi connectivity index (χ4n) is 2.38. The van der Waals surface area contributed by atoms with E-state index in [0.717, 1.165) is 0 Å². The van der Waals surface area contributed by atoms with Crippen molar-refractivity contribution in [2.24, 2.45) is 0 Å². The zero-order valence-corrected chi connectivity index (χ0v) is 14.3. The van der Waals surface area contributed by atoms with Crippen LogP contribution in [0.4, 0.5) is 11.4 Å². The molecule has 0 aromatic heterocycles. The van der Waals surface area contributed by atoms with Crippen molar-refractivity contribution < 1.29 is 24.4 Å². The van der Waals surface area contributed by atoms with Crippen molar-refractivity contribution >= 4 is 11.4 Å². The fourth-order valence-corrected chi connectivity index (χ4v) is 2.38. The maximum absolute atomic E-state index is 10.7. The summed E-state index contributed by atoms with van der Waals surface area (Å²) in [6.45, 7) is -0.256. The molecule has 0 saturated heterocycles. The van der Waals surface area contributed by atoms with Crippen molar-refractivity contribution in [3.8, 4) is 23.0 Å². The molecule has 0 fully saturated rings. The van der Waals surface area contributed by atoms with Crippen molar-refractivity contribution in [3.05, 3.63) is 92.5 Å². The van der Waals surface area contributed by atoms with Crippen molar-refractivity contribution in [2.45, 2.75) is 6.61 Å². The Balaban J connectivity index is 1.81. The Morgan fingerprint density at radius 2 is 1.07 bits per heavy atom. The number of aliphatic hydroxyl groups excluding tert-OH is 1. The predicted octanol–water partition coefficient (Wildman–Crippen LogP) is 4.58. The van der Waals surface area contributed by atoms with E-state index >= 15 is 0 Å². The first-order chi connectivity index (χ1) is 13.4. The highest BCUT2D eigenvalue weighted by atomic mass is 16.6. The molecule has 0 unspecified atom stereocenters. The molecular formula is C19H14N2O7. The van der Waals surface area contributed by atoms with Crippen molar-refractivity contribution in [1.82, 2.24) is 0 Å². The van der Waals surface area contributed by atoms with E-state index in [2.05, 4.69) is 0 Å². The maximum atomic E-state index is 10.7. The van der Waals surface area contributed by atoms with Gasteiger partial charge in [0.15, 0.2) is 0 Å². The summed E-state index contributed by atoms with van der Waals surface area (Å²) in [6, 6.07) is 15.9. The molecule has 3 aromatic rings. The minimum absolute atomic E-state index is 0.0568. The van der Waals surface area contributed by atoms with E-state index in [1.165, 1.54) is 48.5 Å². The van der Waals surface area contributed by atoms with Gasteiger partial charge in [-0.3, -0.25) is 20.2 Å². The molecule has 0 amide bonds. The van der Waals surface area contributed by atoms with Crippen LogP contribution >= 0.6 is 0 Å². The maximum Gasteiger partial charge on any atom is 0.269 e. The van der Waals surface area contributed by atoms with Crippen LogP contribution in [-0.4, -0.2) is 15.0 Å². The van der Waals surface area contributed by atoms with E-state index < -0.39 is 9.85 Å². The highest BCUT2D eigenvalue weighted by molar-refractivity contribution is 5.45. The number of nitrogens with zero attached hydrogens (tertiary/aromatic N) is 2. The van der Waals surface area contributed by atoms with E-state index in [4.69, 9.17) is 9.47 Å². The second-order valence-electron chi connectivity index (χ2n) is 5.68. The van der Waals surface area contributed by atoms with Crippen LogP contribution in [0.15, 0.2) is 66.7 Å². The van der Waals surface area contributed by atoms with Crippen LogP contribution in [0.1, 0.15) is 5.56 Å². The molecule has 0 atom stereocenters. The minimum atomic E-state index is -0.508. The van der Waals surface area contributed by atoms with Crippen LogP contribution in [0.5, 0.6) is 23.0 Å². The van der Waals surface area contributed by atoms with Crippen LogP contribution in [-0.2, 0) is 6.61 Å². The molecule has 28 heavy (non-hydrogen) atoms. The summed E-state index contributed by atoms with van der Waals surface area (Å²) in [6.07, 6.45) is 0. The summed E-state index contributed by atoms with van der Waals surface area (Å²) in [5.41, 5.74) is 0.411. The van der Waals surface area contributed by atoms with Crippen molar-refractivity contribution in [2.75, 3.05) is 0 Å². The topological polar surface area (TPSA) is 125 Å². The highest BCUT2D eigenvalue weighted by Gasteiger charge is 2.09. The smallest absolute Gasteiger partial charge is 0.269 e. The first kappa shape index (κ1) is 18.8. The number of benzene rings is 3. The average Bonchev–Trinajstić information content (AvgIpc) is 2.68. The molecule has 1 N–H and O–H groups in total. The summed E-state index contributed by atoms with van der Waals surface area (Å²) in [7, 11) is 0. The molecule has 0 aliphatic carbocycles. The Labute approximate surface area is 158 Å². The number of nitro groups is 2. The van der Waals surface area contributed by atoms with Gasteiger partial charge in [-0.25, -0.2) is 0 Å². The molecule has 0 heterocycles. The number of hydrogen-bond donors (Lipinski definition) is 1. The number of aliphatic hydroxyl groups is 1. The lowest BCUT2D eigenvalue weighted by Crippen LogP contribution is -1.93. The zero-order valence-electron chi connectivity index (χ0n) is 14.3. The Hall–Kier alpha value is -3.98. The van der Waals surface area contributed by atoms with Crippen molar-refractivity contribution in [3.63, 3.8) is 0 Å². The molecule has 9 nitrogen and oxygen atoms in total. The van der Waals surface area contributed by atoms with Crippen LogP contribution in [0.3, 0.4) is 0 Å². The number of hydrogen-bond acceptors (Lipinski definition) is 7. The number of ether oxygens (including phenoxy) is 2. The number of non-ortho nitro benzene ring substituents is 2. The molecular weight excluding hydrogens is 368 g/mol. The molecule has 0 saturated carbocycles. The summed E-state index contributed by atoms with van der Waals surface area (Å²) in [5, 5.41) is 30.9. The quantitative estimate of drug-likeness (QED) is 0.468.